The van der Waals surface area contributed by atoms with Gasteiger partial charge in [-0.2, -0.15) is 10.2 Å². The smallest absolute Gasteiger partial charge is 0.291 e. The second kappa shape index (κ2) is 7.25. The van der Waals surface area contributed by atoms with Gasteiger partial charge in [-0.15, -0.1) is 0 Å². The quantitative estimate of drug-likeness (QED) is 0.568. The largest absolute Gasteiger partial charge is 0.502 e. The van der Waals surface area contributed by atoms with E-state index in [2.05, 4.69) is 20.7 Å². The van der Waals surface area contributed by atoms with E-state index in [1.54, 1.807) is 18.2 Å². The minimum Gasteiger partial charge on any atom is -0.502 e. The lowest BCUT2D eigenvalue weighted by atomic mass is 9.92. The number of carbonyl (C=O) groups is 1. The number of nitrogens with zero attached hydrogens (tertiary/aromatic N) is 2. The standard InChI is InChI=1S/C17H22N4O4/c1-17(2,3)14-8-11(19-20-14)16(23)21-18-9-10-6-12(24-4)15(22)13(7-10)25-5/h6-9,22H,1-5H3,(H,19,20)(H,21,23)/b18-9+. The van der Waals surface area contributed by atoms with Gasteiger partial charge in [-0.25, -0.2) is 5.43 Å². The number of phenols is 1. The molecule has 1 aromatic carbocycles. The van der Waals surface area contributed by atoms with Crippen LogP contribution >= 0.6 is 0 Å². The Morgan fingerprint density at radius 1 is 1.24 bits per heavy atom. The van der Waals surface area contributed by atoms with Gasteiger partial charge in [0.25, 0.3) is 5.91 Å². The number of nitrogens with one attached hydrogen (secondary N) is 2. The Labute approximate surface area is 145 Å². The lowest BCUT2D eigenvalue weighted by molar-refractivity contribution is 0.0950. The molecule has 0 aliphatic carbocycles. The summed E-state index contributed by atoms with van der Waals surface area (Å²) < 4.78 is 10.1. The van der Waals surface area contributed by atoms with Gasteiger partial charge in [-0.1, -0.05) is 20.8 Å². The number of aromatic nitrogens is 2. The summed E-state index contributed by atoms with van der Waals surface area (Å²) in [5.41, 5.74) is 3.97. The Hall–Kier alpha value is -3.03. The minimum absolute atomic E-state index is 0.0996. The molecule has 1 aromatic heterocycles. The molecule has 0 bridgehead atoms. The Morgan fingerprint density at radius 2 is 1.84 bits per heavy atom. The van der Waals surface area contributed by atoms with Crippen LogP contribution in [0.2, 0.25) is 0 Å². The Balaban J connectivity index is 2.10. The van der Waals surface area contributed by atoms with Crippen molar-refractivity contribution in [3.8, 4) is 17.2 Å². The molecular weight excluding hydrogens is 324 g/mol. The second-order valence-corrected chi connectivity index (χ2v) is 6.39. The van der Waals surface area contributed by atoms with Crippen LogP contribution in [0.1, 0.15) is 42.5 Å². The molecule has 25 heavy (non-hydrogen) atoms. The second-order valence-electron chi connectivity index (χ2n) is 6.39. The molecule has 0 atom stereocenters. The number of methoxy groups -OCH3 is 2. The topological polar surface area (TPSA) is 109 Å². The Kier molecular flexibility index (Phi) is 5.31. The van der Waals surface area contributed by atoms with Crippen molar-refractivity contribution in [2.75, 3.05) is 14.2 Å². The summed E-state index contributed by atoms with van der Waals surface area (Å²) in [5, 5.41) is 20.6. The van der Waals surface area contributed by atoms with Gasteiger partial charge in [0.05, 0.1) is 20.4 Å². The highest BCUT2D eigenvalue weighted by atomic mass is 16.5. The summed E-state index contributed by atoms with van der Waals surface area (Å²) in [4.78, 5) is 12.1. The van der Waals surface area contributed by atoms with Gasteiger partial charge in [-0.05, 0) is 18.2 Å². The minimum atomic E-state index is -0.430. The molecule has 0 saturated carbocycles. The van der Waals surface area contributed by atoms with E-state index in [4.69, 9.17) is 9.47 Å². The van der Waals surface area contributed by atoms with Gasteiger partial charge in [0.15, 0.2) is 17.2 Å². The number of amides is 1. The molecule has 0 aliphatic heterocycles. The monoisotopic (exact) mass is 346 g/mol. The highest BCUT2D eigenvalue weighted by Crippen LogP contribution is 2.36. The Bertz CT molecular complexity index is 765. The fourth-order valence-corrected chi connectivity index (χ4v) is 2.03. The van der Waals surface area contributed by atoms with Crippen LogP contribution in [0, 0.1) is 0 Å². The average molecular weight is 346 g/mol. The van der Waals surface area contributed by atoms with Gasteiger partial charge < -0.3 is 14.6 Å². The number of carbonyl (C=O) groups excluding carboxylic acids is 1. The molecule has 0 fully saturated rings. The summed E-state index contributed by atoms with van der Waals surface area (Å²) in [6.45, 7) is 6.06. The van der Waals surface area contributed by atoms with Crippen molar-refractivity contribution in [1.29, 1.82) is 0 Å². The number of hydrazone groups is 1. The predicted octanol–water partition coefficient (Wildman–Crippen LogP) is 2.19. The van der Waals surface area contributed by atoms with E-state index >= 15 is 0 Å². The first-order chi connectivity index (χ1) is 11.8. The molecule has 1 amide bonds. The number of benzene rings is 1. The molecular formula is C17H22N4O4. The molecule has 2 aromatic rings. The van der Waals surface area contributed by atoms with E-state index in [9.17, 15) is 9.90 Å². The first-order valence-electron chi connectivity index (χ1n) is 7.60. The van der Waals surface area contributed by atoms with Crippen LogP contribution in [0.15, 0.2) is 23.3 Å². The van der Waals surface area contributed by atoms with Gasteiger partial charge in [0.1, 0.15) is 0 Å². The fourth-order valence-electron chi connectivity index (χ4n) is 2.03. The van der Waals surface area contributed by atoms with Crippen LogP contribution in [-0.2, 0) is 5.41 Å². The van der Waals surface area contributed by atoms with E-state index in [1.165, 1.54) is 20.4 Å². The first kappa shape index (κ1) is 18.3. The SMILES string of the molecule is COc1cc(/C=N/NC(=O)c2cc(C(C)(C)C)[nH]n2)cc(OC)c1O. The zero-order chi connectivity index (χ0) is 18.6. The van der Waals surface area contributed by atoms with Crippen LogP contribution in [0.25, 0.3) is 0 Å². The van der Waals surface area contributed by atoms with Crippen LogP contribution in [-0.4, -0.2) is 41.6 Å². The van der Waals surface area contributed by atoms with Crippen molar-refractivity contribution in [2.24, 2.45) is 5.10 Å². The molecule has 0 spiro atoms. The molecule has 0 aliphatic rings. The van der Waals surface area contributed by atoms with Gasteiger partial charge >= 0.3 is 0 Å². The van der Waals surface area contributed by atoms with Gasteiger partial charge in [-0.3, -0.25) is 9.89 Å². The van der Waals surface area contributed by atoms with E-state index in [0.717, 1.165) is 5.69 Å². The van der Waals surface area contributed by atoms with Gasteiger partial charge in [0, 0.05) is 16.7 Å². The van der Waals surface area contributed by atoms with E-state index in [-0.39, 0.29) is 28.4 Å². The number of ether oxygens (including phenoxy) is 2. The summed E-state index contributed by atoms with van der Waals surface area (Å²) in [6, 6.07) is 4.83. The number of rotatable bonds is 5. The molecule has 0 radical (unpaired) electrons. The van der Waals surface area contributed by atoms with Crippen LogP contribution in [0.3, 0.4) is 0 Å². The zero-order valence-electron chi connectivity index (χ0n) is 14.9. The number of hydrogen-bond donors (Lipinski definition) is 3. The highest BCUT2D eigenvalue weighted by molar-refractivity contribution is 5.93. The first-order valence-corrected chi connectivity index (χ1v) is 7.60. The average Bonchev–Trinajstić information content (AvgIpc) is 3.06. The summed E-state index contributed by atoms with van der Waals surface area (Å²) in [7, 11) is 2.86. The van der Waals surface area contributed by atoms with Crippen molar-refractivity contribution in [3.05, 3.63) is 35.2 Å². The lowest BCUT2D eigenvalue weighted by Crippen LogP contribution is -2.18. The lowest BCUT2D eigenvalue weighted by Gasteiger charge is -2.14. The molecule has 3 N–H and O–H groups in total. The molecule has 8 heteroatoms. The predicted molar refractivity (Wildman–Crippen MR) is 93.6 cm³/mol. The molecule has 0 unspecified atom stereocenters. The van der Waals surface area contributed by atoms with Crippen molar-refractivity contribution in [3.63, 3.8) is 0 Å². The number of phenolic OH excluding ortho intramolecular Hbond substituents is 1. The van der Waals surface area contributed by atoms with E-state index < -0.39 is 5.91 Å². The van der Waals surface area contributed by atoms with E-state index in [0.29, 0.717) is 5.56 Å². The normalized spacial score (nSPS) is 11.6. The molecule has 8 nitrogen and oxygen atoms in total. The fraction of sp³-hybridized carbons (Fsp3) is 0.353. The highest BCUT2D eigenvalue weighted by Gasteiger charge is 2.19. The van der Waals surface area contributed by atoms with Crippen LogP contribution in [0.4, 0.5) is 0 Å². The number of aromatic hydroxyl groups is 1. The summed E-state index contributed by atoms with van der Waals surface area (Å²) in [6.07, 6.45) is 1.42. The molecule has 2 rings (SSSR count). The van der Waals surface area contributed by atoms with Gasteiger partial charge in [0.2, 0.25) is 5.75 Å². The van der Waals surface area contributed by atoms with E-state index in [1.807, 2.05) is 20.8 Å². The third kappa shape index (κ3) is 4.28. The molecule has 1 heterocycles. The van der Waals surface area contributed by atoms with Crippen molar-refractivity contribution in [1.82, 2.24) is 15.6 Å². The maximum atomic E-state index is 12.1. The van der Waals surface area contributed by atoms with Crippen LogP contribution in [0.5, 0.6) is 17.2 Å². The van der Waals surface area contributed by atoms with Crippen molar-refractivity contribution >= 4 is 12.1 Å². The zero-order valence-corrected chi connectivity index (χ0v) is 14.9. The van der Waals surface area contributed by atoms with Crippen molar-refractivity contribution < 1.29 is 19.4 Å². The number of aromatic amines is 1. The van der Waals surface area contributed by atoms with Crippen LogP contribution < -0.4 is 14.9 Å². The maximum Gasteiger partial charge on any atom is 0.291 e. The summed E-state index contributed by atoms with van der Waals surface area (Å²) >= 11 is 0. The third-order valence-electron chi connectivity index (χ3n) is 3.50. The number of hydrogen-bond acceptors (Lipinski definition) is 6. The summed E-state index contributed by atoms with van der Waals surface area (Å²) in [5.74, 6) is -0.0402. The number of H-pyrrole nitrogens is 1. The van der Waals surface area contributed by atoms with Crippen molar-refractivity contribution in [2.45, 2.75) is 26.2 Å². The Morgan fingerprint density at radius 3 is 2.32 bits per heavy atom. The maximum absolute atomic E-state index is 12.1. The third-order valence-corrected chi connectivity index (χ3v) is 3.50. The molecule has 134 valence electrons. The molecule has 0 saturated heterocycles.